The normalized spacial score (nSPS) is 16.0. The van der Waals surface area contributed by atoms with Crippen molar-refractivity contribution < 1.29 is 50.5 Å². The maximum atomic E-state index is 14.9. The summed E-state index contributed by atoms with van der Waals surface area (Å²) in [4.78, 5) is 13.2. The lowest BCUT2D eigenvalue weighted by molar-refractivity contribution is -0.143. The van der Waals surface area contributed by atoms with Crippen LogP contribution < -0.4 is 14.2 Å². The molecular formula is C27H28ClF6NO5. The third kappa shape index (κ3) is 7.75. The van der Waals surface area contributed by atoms with Crippen LogP contribution in [0.2, 0.25) is 0 Å². The summed E-state index contributed by atoms with van der Waals surface area (Å²) in [5, 5.41) is 9.14. The largest absolute Gasteiger partial charge is 0.489 e. The Kier molecular flexibility index (Phi) is 10.6. The molecule has 6 nitrogen and oxygen atoms in total. The second-order valence-corrected chi connectivity index (χ2v) is 9.46. The fraction of sp³-hybridized carbons (Fsp3) is 0.444. The van der Waals surface area contributed by atoms with Crippen LogP contribution in [0, 0.1) is 11.7 Å². The Morgan fingerprint density at radius 1 is 1.12 bits per heavy atom. The van der Waals surface area contributed by atoms with Crippen LogP contribution in [0.5, 0.6) is 17.2 Å². The first-order valence-corrected chi connectivity index (χ1v) is 12.3. The molecule has 2 aliphatic heterocycles. The number of aliphatic carboxylic acids is 1. The van der Waals surface area contributed by atoms with E-state index in [9.17, 15) is 31.1 Å². The van der Waals surface area contributed by atoms with E-state index >= 15 is 0 Å². The standard InChI is InChI=1S/C27H27F6NO5.ClH/c28-11-20(12-29)39-24-2-1-16(8-22(24)27(31,32)33)14-37-19-9-23(30)21-7-17(15-38-25(21)10-19)13-34-5-3-18(4-6-34)26(35)36;/h1-2,7-10,18,20H,3-6,11-15H2,(H,35,36);1H. The van der Waals surface area contributed by atoms with Crippen LogP contribution in [0.25, 0.3) is 6.08 Å². The first-order valence-electron chi connectivity index (χ1n) is 12.3. The summed E-state index contributed by atoms with van der Waals surface area (Å²) in [7, 11) is 0. The number of fused-ring (bicyclic) bond motifs is 1. The average Bonchev–Trinajstić information content (AvgIpc) is 2.91. The molecule has 0 amide bonds. The van der Waals surface area contributed by atoms with Gasteiger partial charge < -0.3 is 19.3 Å². The number of carbonyl (C=O) groups is 1. The van der Waals surface area contributed by atoms with Gasteiger partial charge in [0, 0.05) is 18.7 Å². The Bertz CT molecular complexity index is 1210. The van der Waals surface area contributed by atoms with Crippen LogP contribution in [-0.4, -0.2) is 61.7 Å². The van der Waals surface area contributed by atoms with Gasteiger partial charge in [-0.25, -0.2) is 13.2 Å². The Balaban J connectivity index is 0.00000441. The second kappa shape index (κ2) is 13.5. The zero-order chi connectivity index (χ0) is 28.2. The molecule has 1 fully saturated rings. The summed E-state index contributed by atoms with van der Waals surface area (Å²) in [6, 6.07) is 5.53. The number of rotatable bonds is 10. The van der Waals surface area contributed by atoms with Crippen molar-refractivity contribution >= 4 is 24.5 Å². The number of alkyl halides is 5. The van der Waals surface area contributed by atoms with Gasteiger partial charge in [0.25, 0.3) is 0 Å². The highest BCUT2D eigenvalue weighted by molar-refractivity contribution is 5.85. The van der Waals surface area contributed by atoms with Crippen LogP contribution in [-0.2, 0) is 17.6 Å². The topological polar surface area (TPSA) is 68.2 Å². The SMILES string of the molecule is Cl.O=C(O)C1CCN(CC2=Cc3c(F)cc(OCc4ccc(OC(CF)CF)c(C(F)(F)F)c4)cc3OC2)CC1. The quantitative estimate of drug-likeness (QED) is 0.335. The highest BCUT2D eigenvalue weighted by atomic mass is 35.5. The number of nitrogens with zero attached hydrogens (tertiary/aromatic N) is 1. The number of likely N-dealkylation sites (tertiary alicyclic amines) is 1. The Morgan fingerprint density at radius 3 is 2.45 bits per heavy atom. The number of carboxylic acids is 1. The minimum atomic E-state index is -4.84. The number of benzene rings is 2. The Hall–Kier alpha value is -3.12. The van der Waals surface area contributed by atoms with Gasteiger partial charge in [-0.1, -0.05) is 6.07 Å². The lowest BCUT2D eigenvalue weighted by Gasteiger charge is -2.31. The van der Waals surface area contributed by atoms with E-state index in [0.717, 1.165) is 23.8 Å². The molecule has 0 atom stereocenters. The van der Waals surface area contributed by atoms with Gasteiger partial charge in [-0.15, -0.1) is 12.4 Å². The van der Waals surface area contributed by atoms with E-state index in [-0.39, 0.29) is 54.2 Å². The summed E-state index contributed by atoms with van der Waals surface area (Å²) in [6.45, 7) is -0.964. The zero-order valence-corrected chi connectivity index (χ0v) is 22.0. The lowest BCUT2D eigenvalue weighted by atomic mass is 9.96. The minimum Gasteiger partial charge on any atom is -0.489 e. The molecular weight excluding hydrogens is 568 g/mol. The second-order valence-electron chi connectivity index (χ2n) is 9.46. The van der Waals surface area contributed by atoms with Gasteiger partial charge in [-0.05, 0) is 55.3 Å². The predicted octanol–water partition coefficient (Wildman–Crippen LogP) is 6.10. The Labute approximate surface area is 232 Å². The van der Waals surface area contributed by atoms with Crippen molar-refractivity contribution in [2.45, 2.75) is 31.7 Å². The van der Waals surface area contributed by atoms with E-state index in [1.807, 2.05) is 0 Å². The summed E-state index contributed by atoms with van der Waals surface area (Å²) in [5.74, 6) is -2.21. The summed E-state index contributed by atoms with van der Waals surface area (Å²) < 4.78 is 97.0. The molecule has 2 aromatic rings. The molecule has 2 heterocycles. The van der Waals surface area contributed by atoms with Crippen molar-refractivity contribution in [1.82, 2.24) is 4.90 Å². The van der Waals surface area contributed by atoms with Crippen molar-refractivity contribution in [3.63, 3.8) is 0 Å². The van der Waals surface area contributed by atoms with Crippen molar-refractivity contribution in [3.8, 4) is 17.2 Å². The molecule has 0 bridgehead atoms. The molecule has 2 aromatic carbocycles. The molecule has 0 spiro atoms. The summed E-state index contributed by atoms with van der Waals surface area (Å²) >= 11 is 0. The number of hydrogen-bond donors (Lipinski definition) is 1. The smallest absolute Gasteiger partial charge is 0.419 e. The maximum absolute atomic E-state index is 14.9. The number of piperidine rings is 1. The maximum Gasteiger partial charge on any atom is 0.419 e. The summed E-state index contributed by atoms with van der Waals surface area (Å²) in [5.41, 5.74) is -0.0753. The number of carboxylic acid groups (broad SMARTS) is 1. The molecule has 1 N–H and O–H groups in total. The van der Waals surface area contributed by atoms with E-state index in [1.54, 1.807) is 6.08 Å². The lowest BCUT2D eigenvalue weighted by Crippen LogP contribution is -2.38. The van der Waals surface area contributed by atoms with Crippen LogP contribution in [0.3, 0.4) is 0 Å². The fourth-order valence-corrected chi connectivity index (χ4v) is 4.49. The highest BCUT2D eigenvalue weighted by Crippen LogP contribution is 2.38. The van der Waals surface area contributed by atoms with Crippen molar-refractivity contribution in [3.05, 3.63) is 58.4 Å². The molecule has 13 heteroatoms. The molecule has 0 unspecified atom stereocenters. The molecule has 40 heavy (non-hydrogen) atoms. The van der Waals surface area contributed by atoms with Crippen LogP contribution >= 0.6 is 12.4 Å². The third-order valence-corrected chi connectivity index (χ3v) is 6.58. The number of ether oxygens (including phenoxy) is 3. The monoisotopic (exact) mass is 595 g/mol. The van der Waals surface area contributed by atoms with E-state index < -0.39 is 48.7 Å². The molecule has 0 saturated carbocycles. The number of hydrogen-bond acceptors (Lipinski definition) is 5. The third-order valence-electron chi connectivity index (χ3n) is 6.58. The van der Waals surface area contributed by atoms with Gasteiger partial charge >= 0.3 is 12.1 Å². The van der Waals surface area contributed by atoms with Crippen LogP contribution in [0.4, 0.5) is 26.3 Å². The fourth-order valence-electron chi connectivity index (χ4n) is 4.49. The average molecular weight is 596 g/mol. The van der Waals surface area contributed by atoms with Crippen molar-refractivity contribution in [2.75, 3.05) is 39.6 Å². The van der Waals surface area contributed by atoms with Gasteiger partial charge in [0.05, 0.1) is 17.0 Å². The van der Waals surface area contributed by atoms with Gasteiger partial charge in [0.1, 0.15) is 49.6 Å². The first-order chi connectivity index (χ1) is 18.6. The van der Waals surface area contributed by atoms with E-state index in [2.05, 4.69) is 4.90 Å². The predicted molar refractivity (Wildman–Crippen MR) is 136 cm³/mol. The van der Waals surface area contributed by atoms with Crippen LogP contribution in [0.15, 0.2) is 35.9 Å². The highest BCUT2D eigenvalue weighted by Gasteiger charge is 2.35. The van der Waals surface area contributed by atoms with Gasteiger partial charge in [0.15, 0.2) is 6.10 Å². The molecule has 0 aliphatic carbocycles. The Morgan fingerprint density at radius 2 is 1.82 bits per heavy atom. The molecule has 1 saturated heterocycles. The van der Waals surface area contributed by atoms with Gasteiger partial charge in [-0.2, -0.15) is 13.2 Å². The molecule has 0 radical (unpaired) electrons. The van der Waals surface area contributed by atoms with Gasteiger partial charge in [0.2, 0.25) is 0 Å². The molecule has 4 rings (SSSR count). The van der Waals surface area contributed by atoms with Crippen molar-refractivity contribution in [2.24, 2.45) is 5.92 Å². The molecule has 2 aliphatic rings. The minimum absolute atomic E-state index is 0. The van der Waals surface area contributed by atoms with E-state index in [4.69, 9.17) is 19.3 Å². The van der Waals surface area contributed by atoms with Gasteiger partial charge in [-0.3, -0.25) is 9.69 Å². The van der Waals surface area contributed by atoms with Crippen molar-refractivity contribution in [1.29, 1.82) is 0 Å². The number of halogens is 7. The molecule has 220 valence electrons. The van der Waals surface area contributed by atoms with E-state index in [1.165, 1.54) is 12.1 Å². The van der Waals surface area contributed by atoms with Crippen LogP contribution in [0.1, 0.15) is 29.5 Å². The summed E-state index contributed by atoms with van der Waals surface area (Å²) in [6.07, 6.45) is -3.72. The molecule has 0 aromatic heterocycles. The van der Waals surface area contributed by atoms with E-state index in [0.29, 0.717) is 32.5 Å². The zero-order valence-electron chi connectivity index (χ0n) is 21.2. The first kappa shape index (κ1) is 31.4.